The number of nitrogens with zero attached hydrogens (tertiary/aromatic N) is 1. The van der Waals surface area contributed by atoms with Crippen LogP contribution in [0.1, 0.15) is 0 Å². The summed E-state index contributed by atoms with van der Waals surface area (Å²) in [7, 11) is 0. The summed E-state index contributed by atoms with van der Waals surface area (Å²) < 4.78 is 12.5. The van der Waals surface area contributed by atoms with Gasteiger partial charge in [0, 0.05) is 0 Å². The summed E-state index contributed by atoms with van der Waals surface area (Å²) in [6.45, 7) is 0.912. The van der Waals surface area contributed by atoms with Crippen molar-refractivity contribution in [2.45, 2.75) is 6.10 Å². The van der Waals surface area contributed by atoms with E-state index in [9.17, 15) is 4.53 Å². The molecule has 0 bridgehead atoms. The van der Waals surface area contributed by atoms with E-state index in [1.165, 1.54) is 0 Å². The summed E-state index contributed by atoms with van der Waals surface area (Å²) in [5.41, 5.74) is 0. The molecule has 1 heterocycles. The quantitative estimate of drug-likeness (QED) is 0.856. The average molecular weight is 299 g/mol. The van der Waals surface area contributed by atoms with E-state index < -0.39 is 0 Å². The van der Waals surface area contributed by atoms with E-state index in [0.717, 1.165) is 10.2 Å². The van der Waals surface area contributed by atoms with Crippen LogP contribution in [0, 0.1) is 0 Å². The molecular weight excluding hydrogens is 288 g/mol. The first-order chi connectivity index (χ1) is 6.79. The molecule has 0 spiro atoms. The standard InChI is InChI=1S/C9H9BrFNO2.ClH/c10-8-3-1-2-4-9(8)14-12-5-7(6-12)13-11;/h1-4,7H,5-6H2;1H. The van der Waals surface area contributed by atoms with Gasteiger partial charge in [0.25, 0.3) is 0 Å². The van der Waals surface area contributed by atoms with Gasteiger partial charge in [-0.1, -0.05) is 12.1 Å². The molecule has 1 fully saturated rings. The van der Waals surface area contributed by atoms with E-state index in [1.807, 2.05) is 24.3 Å². The van der Waals surface area contributed by atoms with Crippen LogP contribution >= 0.6 is 28.3 Å². The minimum absolute atomic E-state index is 0. The lowest BCUT2D eigenvalue weighted by atomic mass is 10.2. The Labute approximate surface area is 102 Å². The van der Waals surface area contributed by atoms with Gasteiger partial charge in [0.2, 0.25) is 0 Å². The summed E-state index contributed by atoms with van der Waals surface area (Å²) >= 11 is 3.35. The Balaban J connectivity index is 0.00000112. The molecule has 1 saturated heterocycles. The van der Waals surface area contributed by atoms with Gasteiger partial charge >= 0.3 is 0 Å². The van der Waals surface area contributed by atoms with Crippen molar-refractivity contribution >= 4 is 28.3 Å². The second-order valence-corrected chi connectivity index (χ2v) is 3.93. The zero-order valence-electron chi connectivity index (χ0n) is 7.73. The molecule has 15 heavy (non-hydrogen) atoms. The van der Waals surface area contributed by atoms with Gasteiger partial charge in [-0.05, 0) is 32.6 Å². The Morgan fingerprint density at radius 3 is 2.60 bits per heavy atom. The van der Waals surface area contributed by atoms with E-state index in [2.05, 4.69) is 20.9 Å². The molecule has 84 valence electrons. The fourth-order valence-corrected chi connectivity index (χ4v) is 1.55. The third kappa shape index (κ3) is 3.04. The third-order valence-corrected chi connectivity index (χ3v) is 2.66. The molecule has 2 rings (SSSR count). The summed E-state index contributed by atoms with van der Waals surface area (Å²) in [4.78, 5) is 9.10. The first-order valence-corrected chi connectivity index (χ1v) is 5.03. The fourth-order valence-electron chi connectivity index (χ4n) is 1.19. The minimum Gasteiger partial charge on any atom is -0.405 e. The van der Waals surface area contributed by atoms with Crippen LogP contribution in [0.3, 0.4) is 0 Å². The van der Waals surface area contributed by atoms with Gasteiger partial charge in [0.15, 0.2) is 5.75 Å². The molecule has 0 aliphatic carbocycles. The lowest BCUT2D eigenvalue weighted by Gasteiger charge is -2.34. The Hall–Kier alpha value is -0.360. The molecule has 1 aromatic carbocycles. The summed E-state index contributed by atoms with van der Waals surface area (Å²) in [6.07, 6.45) is -0.350. The summed E-state index contributed by atoms with van der Waals surface area (Å²) in [5, 5.41) is 1.64. The van der Waals surface area contributed by atoms with Gasteiger partial charge < -0.3 is 4.84 Å². The molecule has 0 aromatic heterocycles. The monoisotopic (exact) mass is 297 g/mol. The van der Waals surface area contributed by atoms with Crippen molar-refractivity contribution in [3.8, 4) is 5.75 Å². The van der Waals surface area contributed by atoms with Crippen LogP contribution in [-0.4, -0.2) is 24.3 Å². The SMILES string of the molecule is Cl.FOC1CN(Oc2ccccc2Br)C1. The molecule has 0 unspecified atom stereocenters. The number of benzene rings is 1. The topological polar surface area (TPSA) is 21.7 Å². The zero-order valence-corrected chi connectivity index (χ0v) is 10.1. The van der Waals surface area contributed by atoms with Gasteiger partial charge in [-0.25, -0.2) is 0 Å². The maximum Gasteiger partial charge on any atom is 0.161 e. The number of para-hydroxylation sites is 1. The smallest absolute Gasteiger partial charge is 0.161 e. The van der Waals surface area contributed by atoms with Crippen LogP contribution in [0.15, 0.2) is 28.7 Å². The number of rotatable bonds is 3. The lowest BCUT2D eigenvalue weighted by molar-refractivity contribution is -0.266. The van der Waals surface area contributed by atoms with Crippen LogP contribution in [0.2, 0.25) is 0 Å². The van der Waals surface area contributed by atoms with Crippen molar-refractivity contribution in [3.63, 3.8) is 0 Å². The van der Waals surface area contributed by atoms with Gasteiger partial charge in [0.05, 0.1) is 17.6 Å². The molecule has 0 radical (unpaired) electrons. The number of hydrogen-bond acceptors (Lipinski definition) is 3. The molecule has 0 amide bonds. The summed E-state index contributed by atoms with van der Waals surface area (Å²) in [5.74, 6) is 0.727. The lowest BCUT2D eigenvalue weighted by Crippen LogP contribution is -2.52. The first-order valence-electron chi connectivity index (χ1n) is 4.24. The average Bonchev–Trinajstić information content (AvgIpc) is 2.13. The molecule has 3 nitrogen and oxygen atoms in total. The van der Waals surface area contributed by atoms with E-state index in [4.69, 9.17) is 4.84 Å². The van der Waals surface area contributed by atoms with Crippen molar-refractivity contribution in [2.24, 2.45) is 0 Å². The maximum atomic E-state index is 11.6. The van der Waals surface area contributed by atoms with E-state index >= 15 is 0 Å². The van der Waals surface area contributed by atoms with E-state index in [-0.39, 0.29) is 18.5 Å². The Kier molecular flexibility index (Phi) is 4.79. The largest absolute Gasteiger partial charge is 0.405 e. The minimum atomic E-state index is -0.350. The normalized spacial score (nSPS) is 16.7. The maximum absolute atomic E-state index is 11.6. The van der Waals surface area contributed by atoms with Crippen molar-refractivity contribution in [3.05, 3.63) is 28.7 Å². The van der Waals surface area contributed by atoms with Gasteiger partial charge in [-0.3, -0.25) is 0 Å². The number of hydroxylamine groups is 2. The molecule has 6 heteroatoms. The predicted molar refractivity (Wildman–Crippen MR) is 59.6 cm³/mol. The van der Waals surface area contributed by atoms with Crippen LogP contribution < -0.4 is 4.84 Å². The van der Waals surface area contributed by atoms with Crippen LogP contribution in [0.4, 0.5) is 4.53 Å². The second kappa shape index (κ2) is 5.65. The molecular formula is C9H10BrClFNO2. The van der Waals surface area contributed by atoms with Gasteiger partial charge in [-0.2, -0.15) is 4.94 Å². The second-order valence-electron chi connectivity index (χ2n) is 3.08. The van der Waals surface area contributed by atoms with Crippen LogP contribution in [0.5, 0.6) is 5.75 Å². The highest BCUT2D eigenvalue weighted by Gasteiger charge is 2.30. The Morgan fingerprint density at radius 2 is 2.00 bits per heavy atom. The first kappa shape index (κ1) is 12.7. The van der Waals surface area contributed by atoms with Crippen molar-refractivity contribution in [1.82, 2.24) is 5.06 Å². The van der Waals surface area contributed by atoms with Crippen molar-refractivity contribution in [1.29, 1.82) is 0 Å². The predicted octanol–water partition coefficient (Wildman–Crippen LogP) is 2.75. The number of halogens is 3. The third-order valence-electron chi connectivity index (χ3n) is 2.00. The zero-order chi connectivity index (χ0) is 9.97. The highest BCUT2D eigenvalue weighted by Crippen LogP contribution is 2.26. The fraction of sp³-hybridized carbons (Fsp3) is 0.333. The molecule has 0 N–H and O–H groups in total. The van der Waals surface area contributed by atoms with Crippen molar-refractivity contribution < 1.29 is 14.3 Å². The highest BCUT2D eigenvalue weighted by atomic mass is 79.9. The van der Waals surface area contributed by atoms with E-state index in [1.54, 1.807) is 5.06 Å². The van der Waals surface area contributed by atoms with Crippen molar-refractivity contribution in [2.75, 3.05) is 13.1 Å². The molecule has 0 atom stereocenters. The van der Waals surface area contributed by atoms with Gasteiger partial charge in [0.1, 0.15) is 6.10 Å². The summed E-state index contributed by atoms with van der Waals surface area (Å²) in [6, 6.07) is 7.51. The number of hydrogen-bond donors (Lipinski definition) is 0. The molecule has 1 aliphatic heterocycles. The molecule has 1 aliphatic rings. The molecule has 0 saturated carbocycles. The van der Waals surface area contributed by atoms with E-state index in [0.29, 0.717) is 13.1 Å². The van der Waals surface area contributed by atoms with Crippen LogP contribution in [-0.2, 0) is 4.94 Å². The Morgan fingerprint density at radius 1 is 1.33 bits per heavy atom. The van der Waals surface area contributed by atoms with Gasteiger partial charge in [-0.15, -0.1) is 17.5 Å². The van der Waals surface area contributed by atoms with Crippen LogP contribution in [0.25, 0.3) is 0 Å². The molecule has 1 aromatic rings. The highest BCUT2D eigenvalue weighted by molar-refractivity contribution is 9.10. The Bertz CT molecular complexity index is 323.